The second-order valence-corrected chi connectivity index (χ2v) is 6.09. The van der Waals surface area contributed by atoms with Gasteiger partial charge in [0.05, 0.1) is 17.4 Å². The number of hydrogen-bond acceptors (Lipinski definition) is 3. The lowest BCUT2D eigenvalue weighted by Crippen LogP contribution is -2.32. The fourth-order valence-electron chi connectivity index (χ4n) is 3.27. The van der Waals surface area contributed by atoms with Crippen molar-refractivity contribution in [2.75, 3.05) is 7.05 Å². The molecule has 0 radical (unpaired) electrons. The molecule has 0 aliphatic heterocycles. The van der Waals surface area contributed by atoms with Crippen molar-refractivity contribution >= 4 is 10.9 Å². The van der Waals surface area contributed by atoms with Crippen LogP contribution in [-0.4, -0.2) is 28.0 Å². The number of nitrogens with one attached hydrogen (secondary N) is 1. The fraction of sp³-hybridized carbons (Fsp3) is 0.529. The highest BCUT2D eigenvalue weighted by atomic mass is 16.1. The van der Waals surface area contributed by atoms with E-state index in [9.17, 15) is 4.79 Å². The molecule has 1 N–H and O–H groups in total. The molecule has 1 aromatic carbocycles. The molecule has 0 saturated heterocycles. The van der Waals surface area contributed by atoms with Gasteiger partial charge in [-0.05, 0) is 32.0 Å². The zero-order valence-electron chi connectivity index (χ0n) is 12.6. The van der Waals surface area contributed by atoms with Crippen molar-refractivity contribution in [2.24, 2.45) is 0 Å². The second-order valence-electron chi connectivity index (χ2n) is 6.09. The maximum atomic E-state index is 12.1. The molecular formula is C17H23N3O. The molecule has 1 aliphatic carbocycles. The molecule has 0 amide bonds. The highest BCUT2D eigenvalue weighted by molar-refractivity contribution is 5.77. The first kappa shape index (κ1) is 14.3. The summed E-state index contributed by atoms with van der Waals surface area (Å²) in [6, 6.07) is 8.13. The molecule has 1 aliphatic rings. The van der Waals surface area contributed by atoms with Crippen LogP contribution in [0.5, 0.6) is 0 Å². The van der Waals surface area contributed by atoms with Gasteiger partial charge in [-0.15, -0.1) is 0 Å². The Labute approximate surface area is 125 Å². The first-order valence-corrected chi connectivity index (χ1v) is 7.92. The lowest BCUT2D eigenvalue weighted by atomic mass is 10.1. The number of aromatic amines is 1. The lowest BCUT2D eigenvalue weighted by molar-refractivity contribution is 0.208. The summed E-state index contributed by atoms with van der Waals surface area (Å²) in [4.78, 5) is 22.0. The van der Waals surface area contributed by atoms with E-state index >= 15 is 0 Å². The molecule has 21 heavy (non-hydrogen) atoms. The van der Waals surface area contributed by atoms with Crippen LogP contribution in [-0.2, 0) is 6.54 Å². The van der Waals surface area contributed by atoms with Crippen LogP contribution in [0.4, 0.5) is 0 Å². The lowest BCUT2D eigenvalue weighted by Gasteiger charge is -2.26. The Balaban J connectivity index is 1.79. The van der Waals surface area contributed by atoms with E-state index in [0.717, 1.165) is 11.3 Å². The average molecular weight is 285 g/mol. The van der Waals surface area contributed by atoms with Crippen LogP contribution in [0.1, 0.15) is 44.3 Å². The van der Waals surface area contributed by atoms with Crippen molar-refractivity contribution in [1.29, 1.82) is 0 Å². The van der Waals surface area contributed by atoms with Gasteiger partial charge in [0.2, 0.25) is 0 Å². The van der Waals surface area contributed by atoms with E-state index in [1.54, 1.807) is 0 Å². The van der Waals surface area contributed by atoms with Crippen molar-refractivity contribution in [3.63, 3.8) is 0 Å². The number of H-pyrrole nitrogens is 1. The Morgan fingerprint density at radius 2 is 1.90 bits per heavy atom. The smallest absolute Gasteiger partial charge is 0.258 e. The molecule has 0 spiro atoms. The number of rotatable bonds is 3. The summed E-state index contributed by atoms with van der Waals surface area (Å²) >= 11 is 0. The van der Waals surface area contributed by atoms with Gasteiger partial charge in [0, 0.05) is 6.04 Å². The third-order valence-electron chi connectivity index (χ3n) is 4.51. The molecule has 1 aromatic heterocycles. The minimum Gasteiger partial charge on any atom is -0.309 e. The number of hydrogen-bond donors (Lipinski definition) is 1. The highest BCUT2D eigenvalue weighted by Crippen LogP contribution is 2.21. The van der Waals surface area contributed by atoms with E-state index in [4.69, 9.17) is 0 Å². The van der Waals surface area contributed by atoms with Crippen LogP contribution in [0, 0.1) is 0 Å². The Hall–Kier alpha value is -1.68. The molecule has 1 fully saturated rings. The minimum atomic E-state index is -0.0372. The topological polar surface area (TPSA) is 49.0 Å². The Bertz CT molecular complexity index is 656. The first-order chi connectivity index (χ1) is 10.2. The van der Waals surface area contributed by atoms with Gasteiger partial charge >= 0.3 is 0 Å². The molecule has 2 aromatic rings. The molecule has 3 rings (SSSR count). The average Bonchev–Trinajstić information content (AvgIpc) is 2.76. The summed E-state index contributed by atoms with van der Waals surface area (Å²) in [7, 11) is 2.14. The highest BCUT2D eigenvalue weighted by Gasteiger charge is 2.17. The molecule has 1 heterocycles. The summed E-state index contributed by atoms with van der Waals surface area (Å²) in [6.45, 7) is 0.713. The van der Waals surface area contributed by atoms with Crippen LogP contribution in [0.2, 0.25) is 0 Å². The number of benzene rings is 1. The van der Waals surface area contributed by atoms with Crippen LogP contribution in [0.15, 0.2) is 29.1 Å². The number of aromatic nitrogens is 2. The van der Waals surface area contributed by atoms with E-state index in [2.05, 4.69) is 21.9 Å². The third-order valence-corrected chi connectivity index (χ3v) is 4.51. The fourth-order valence-corrected chi connectivity index (χ4v) is 3.27. The quantitative estimate of drug-likeness (QED) is 0.882. The molecule has 0 unspecified atom stereocenters. The molecular weight excluding hydrogens is 262 g/mol. The molecule has 112 valence electrons. The van der Waals surface area contributed by atoms with Crippen LogP contribution >= 0.6 is 0 Å². The van der Waals surface area contributed by atoms with E-state index in [1.807, 2.05) is 24.3 Å². The normalized spacial score (nSPS) is 17.2. The SMILES string of the molecule is CN(Cc1nc2ccccc2c(=O)[nH]1)C1CCCCCC1. The summed E-state index contributed by atoms with van der Waals surface area (Å²) in [5, 5.41) is 0.665. The van der Waals surface area contributed by atoms with Crippen LogP contribution in [0.25, 0.3) is 10.9 Å². The van der Waals surface area contributed by atoms with E-state index < -0.39 is 0 Å². The van der Waals surface area contributed by atoms with Gasteiger partial charge < -0.3 is 4.98 Å². The predicted molar refractivity (Wildman–Crippen MR) is 85.3 cm³/mol. The first-order valence-electron chi connectivity index (χ1n) is 7.92. The maximum Gasteiger partial charge on any atom is 0.258 e. The zero-order chi connectivity index (χ0) is 14.7. The van der Waals surface area contributed by atoms with Crippen LogP contribution in [0.3, 0.4) is 0 Å². The van der Waals surface area contributed by atoms with Crippen molar-refractivity contribution in [3.05, 3.63) is 40.4 Å². The Morgan fingerprint density at radius 3 is 2.67 bits per heavy atom. The molecule has 1 saturated carbocycles. The van der Waals surface area contributed by atoms with Gasteiger partial charge in [0.1, 0.15) is 5.82 Å². The van der Waals surface area contributed by atoms with Gasteiger partial charge in [-0.25, -0.2) is 4.98 Å². The molecule has 4 nitrogen and oxygen atoms in total. The van der Waals surface area contributed by atoms with Gasteiger partial charge in [0.25, 0.3) is 5.56 Å². The number of para-hydroxylation sites is 1. The van der Waals surface area contributed by atoms with Crippen LogP contribution < -0.4 is 5.56 Å². The van der Waals surface area contributed by atoms with Crippen molar-refractivity contribution in [1.82, 2.24) is 14.9 Å². The van der Waals surface area contributed by atoms with Crippen molar-refractivity contribution in [2.45, 2.75) is 51.1 Å². The second kappa shape index (κ2) is 6.39. The summed E-state index contributed by atoms with van der Waals surface area (Å²) in [6.07, 6.45) is 7.86. The zero-order valence-corrected chi connectivity index (χ0v) is 12.6. The largest absolute Gasteiger partial charge is 0.309 e. The monoisotopic (exact) mass is 285 g/mol. The Kier molecular flexibility index (Phi) is 4.34. The molecule has 0 atom stereocenters. The third kappa shape index (κ3) is 3.32. The van der Waals surface area contributed by atoms with Gasteiger partial charge in [-0.1, -0.05) is 37.8 Å². The number of fused-ring (bicyclic) bond motifs is 1. The van der Waals surface area contributed by atoms with Gasteiger partial charge in [0.15, 0.2) is 0 Å². The number of nitrogens with zero attached hydrogens (tertiary/aromatic N) is 2. The Morgan fingerprint density at radius 1 is 1.19 bits per heavy atom. The van der Waals surface area contributed by atoms with Crippen molar-refractivity contribution in [3.8, 4) is 0 Å². The molecule has 0 bridgehead atoms. The summed E-state index contributed by atoms with van der Waals surface area (Å²) < 4.78 is 0. The predicted octanol–water partition coefficient (Wildman–Crippen LogP) is 3.08. The summed E-state index contributed by atoms with van der Waals surface area (Å²) in [5.41, 5.74) is 0.746. The minimum absolute atomic E-state index is 0.0372. The van der Waals surface area contributed by atoms with Gasteiger partial charge in [-0.2, -0.15) is 0 Å². The van der Waals surface area contributed by atoms with E-state index in [-0.39, 0.29) is 5.56 Å². The van der Waals surface area contributed by atoms with E-state index in [0.29, 0.717) is 18.0 Å². The standard InChI is InChI=1S/C17H23N3O/c1-20(13-8-4-2-3-5-9-13)12-16-18-15-11-7-6-10-14(15)17(21)19-16/h6-7,10-11,13H,2-5,8-9,12H2,1H3,(H,18,19,21). The summed E-state index contributed by atoms with van der Waals surface area (Å²) in [5.74, 6) is 0.769. The maximum absolute atomic E-state index is 12.1. The molecule has 4 heteroatoms. The van der Waals surface area contributed by atoms with Gasteiger partial charge in [-0.3, -0.25) is 9.69 Å². The van der Waals surface area contributed by atoms with Crippen molar-refractivity contribution < 1.29 is 0 Å². The van der Waals surface area contributed by atoms with E-state index in [1.165, 1.54) is 38.5 Å².